The molecule has 1 fully saturated rings. The Bertz CT molecular complexity index is 1280. The smallest absolute Gasteiger partial charge is 0.293 e. The summed E-state index contributed by atoms with van der Waals surface area (Å²) < 4.78 is 6.59. The molecule has 0 radical (unpaired) electrons. The van der Waals surface area contributed by atoms with E-state index in [0.29, 0.717) is 20.7 Å². The Balaban J connectivity index is 1.46. The maximum atomic E-state index is 12.8. The van der Waals surface area contributed by atoms with Crippen molar-refractivity contribution in [3.05, 3.63) is 102 Å². The van der Waals surface area contributed by atoms with Gasteiger partial charge in [-0.2, -0.15) is 0 Å². The van der Waals surface area contributed by atoms with Crippen LogP contribution in [0.25, 0.3) is 6.08 Å². The van der Waals surface area contributed by atoms with Gasteiger partial charge in [-0.25, -0.2) is 0 Å². The maximum Gasteiger partial charge on any atom is 0.293 e. The Labute approximate surface area is 214 Å². The van der Waals surface area contributed by atoms with Gasteiger partial charge in [-0.05, 0) is 76.1 Å². The molecule has 0 aromatic heterocycles. The molecule has 1 heterocycles. The van der Waals surface area contributed by atoms with Crippen molar-refractivity contribution in [2.45, 2.75) is 20.1 Å². The molecule has 0 spiro atoms. The standard InChI is InChI=1S/C25H18BrCl2NO3S/c1-15-3-2-4-17(9-15)13-29-24(30)23(33-25(29)31)11-16-5-8-22(20(26)10-16)32-14-18-6-7-19(27)12-21(18)28/h2-12H,13-14H2,1H3/b23-11+. The van der Waals surface area contributed by atoms with E-state index >= 15 is 0 Å². The second kappa shape index (κ2) is 10.3. The first-order valence-corrected chi connectivity index (χ1v) is 12.3. The Morgan fingerprint density at radius 2 is 1.88 bits per heavy atom. The topological polar surface area (TPSA) is 46.6 Å². The molecule has 0 bridgehead atoms. The van der Waals surface area contributed by atoms with E-state index in [1.165, 1.54) is 4.90 Å². The first-order chi connectivity index (χ1) is 15.8. The first-order valence-electron chi connectivity index (χ1n) is 9.97. The van der Waals surface area contributed by atoms with Crippen LogP contribution in [0.5, 0.6) is 5.75 Å². The molecule has 3 aromatic rings. The number of thioether (sulfide) groups is 1. The number of hydrogen-bond acceptors (Lipinski definition) is 4. The van der Waals surface area contributed by atoms with Gasteiger partial charge in [-0.1, -0.05) is 65.2 Å². The minimum Gasteiger partial charge on any atom is -0.488 e. The minimum absolute atomic E-state index is 0.257. The zero-order chi connectivity index (χ0) is 23.5. The average Bonchev–Trinajstić information content (AvgIpc) is 3.01. The Morgan fingerprint density at radius 3 is 2.61 bits per heavy atom. The predicted molar refractivity (Wildman–Crippen MR) is 138 cm³/mol. The number of ether oxygens (including phenoxy) is 1. The number of rotatable bonds is 6. The van der Waals surface area contributed by atoms with E-state index in [9.17, 15) is 9.59 Å². The molecule has 1 aliphatic rings. The van der Waals surface area contributed by atoms with E-state index in [1.54, 1.807) is 24.3 Å². The normalized spacial score (nSPS) is 14.9. The zero-order valence-electron chi connectivity index (χ0n) is 17.5. The van der Waals surface area contributed by atoms with Crippen LogP contribution in [0.4, 0.5) is 4.79 Å². The molecule has 0 N–H and O–H groups in total. The summed E-state index contributed by atoms with van der Waals surface area (Å²) in [5, 5.41) is 0.834. The quantitative estimate of drug-likeness (QED) is 0.287. The second-order valence-corrected chi connectivity index (χ2v) is 10.2. The van der Waals surface area contributed by atoms with Gasteiger partial charge in [-0.15, -0.1) is 0 Å². The molecule has 0 saturated carbocycles. The number of imide groups is 1. The van der Waals surface area contributed by atoms with Crippen molar-refractivity contribution in [2.24, 2.45) is 0 Å². The molecule has 4 rings (SSSR count). The Morgan fingerprint density at radius 1 is 1.06 bits per heavy atom. The van der Waals surface area contributed by atoms with E-state index in [4.69, 9.17) is 27.9 Å². The predicted octanol–water partition coefficient (Wildman–Crippen LogP) is 7.88. The van der Waals surface area contributed by atoms with E-state index in [1.807, 2.05) is 49.4 Å². The molecule has 3 aromatic carbocycles. The van der Waals surface area contributed by atoms with Crippen LogP contribution in [0.3, 0.4) is 0 Å². The van der Waals surface area contributed by atoms with Crippen molar-refractivity contribution in [1.82, 2.24) is 4.90 Å². The SMILES string of the molecule is Cc1cccc(CN2C(=O)S/C(=C/c3ccc(OCc4ccc(Cl)cc4Cl)c(Br)c3)C2=O)c1. The number of hydrogen-bond donors (Lipinski definition) is 0. The van der Waals surface area contributed by atoms with Crippen molar-refractivity contribution >= 4 is 68.1 Å². The van der Waals surface area contributed by atoms with Gasteiger partial charge in [0.25, 0.3) is 11.1 Å². The second-order valence-electron chi connectivity index (χ2n) is 7.47. The summed E-state index contributed by atoms with van der Waals surface area (Å²) in [7, 11) is 0. The summed E-state index contributed by atoms with van der Waals surface area (Å²) in [6, 6.07) is 18.5. The highest BCUT2D eigenvalue weighted by atomic mass is 79.9. The van der Waals surface area contributed by atoms with Gasteiger partial charge in [0.05, 0.1) is 15.9 Å². The summed E-state index contributed by atoms with van der Waals surface area (Å²) in [5.41, 5.74) is 3.60. The molecule has 0 atom stereocenters. The van der Waals surface area contributed by atoms with Crippen molar-refractivity contribution in [2.75, 3.05) is 0 Å². The number of carbonyl (C=O) groups excluding carboxylic acids is 2. The number of halogens is 3. The van der Waals surface area contributed by atoms with Crippen LogP contribution in [0, 0.1) is 6.92 Å². The third-order valence-corrected chi connectivity index (χ3v) is 7.06. The Kier molecular flexibility index (Phi) is 7.49. The monoisotopic (exact) mass is 561 g/mol. The lowest BCUT2D eigenvalue weighted by atomic mass is 10.1. The van der Waals surface area contributed by atoms with Crippen molar-refractivity contribution in [3.63, 3.8) is 0 Å². The van der Waals surface area contributed by atoms with Gasteiger partial charge in [0, 0.05) is 15.6 Å². The molecular weight excluding hydrogens is 545 g/mol. The summed E-state index contributed by atoms with van der Waals surface area (Å²) >= 11 is 16.6. The average molecular weight is 563 g/mol. The highest BCUT2D eigenvalue weighted by Gasteiger charge is 2.35. The van der Waals surface area contributed by atoms with Gasteiger partial charge in [0.2, 0.25) is 0 Å². The fourth-order valence-electron chi connectivity index (χ4n) is 3.30. The summed E-state index contributed by atoms with van der Waals surface area (Å²) in [6.45, 7) is 2.52. The van der Waals surface area contributed by atoms with E-state index in [2.05, 4.69) is 15.9 Å². The molecule has 33 heavy (non-hydrogen) atoms. The van der Waals surface area contributed by atoms with Crippen molar-refractivity contribution in [1.29, 1.82) is 0 Å². The van der Waals surface area contributed by atoms with E-state index < -0.39 is 0 Å². The number of carbonyl (C=O) groups is 2. The van der Waals surface area contributed by atoms with Crippen LogP contribution in [0.15, 0.2) is 70.0 Å². The lowest BCUT2D eigenvalue weighted by molar-refractivity contribution is -0.123. The number of benzene rings is 3. The van der Waals surface area contributed by atoms with Gasteiger partial charge in [-0.3, -0.25) is 14.5 Å². The first kappa shape index (κ1) is 23.9. The highest BCUT2D eigenvalue weighted by molar-refractivity contribution is 9.10. The molecule has 1 aliphatic heterocycles. The molecule has 2 amide bonds. The van der Waals surface area contributed by atoms with Gasteiger partial charge in [0.1, 0.15) is 12.4 Å². The third kappa shape index (κ3) is 5.82. The molecule has 1 saturated heterocycles. The fraction of sp³-hybridized carbons (Fsp3) is 0.120. The van der Waals surface area contributed by atoms with Crippen LogP contribution in [0.2, 0.25) is 10.0 Å². The molecule has 8 heteroatoms. The van der Waals surface area contributed by atoms with Crippen LogP contribution >= 0.6 is 50.9 Å². The summed E-state index contributed by atoms with van der Waals surface area (Å²) in [4.78, 5) is 26.9. The molecule has 0 unspecified atom stereocenters. The van der Waals surface area contributed by atoms with Crippen molar-refractivity contribution in [3.8, 4) is 5.75 Å². The molecular formula is C25H18BrCl2NO3S. The van der Waals surface area contributed by atoms with Crippen LogP contribution in [0.1, 0.15) is 22.3 Å². The van der Waals surface area contributed by atoms with E-state index in [-0.39, 0.29) is 24.3 Å². The van der Waals surface area contributed by atoms with Gasteiger partial charge in [0.15, 0.2) is 0 Å². The van der Waals surface area contributed by atoms with Gasteiger partial charge < -0.3 is 4.74 Å². The molecule has 168 valence electrons. The number of amides is 2. The summed E-state index contributed by atoms with van der Waals surface area (Å²) in [6.07, 6.45) is 1.71. The third-order valence-electron chi connectivity index (χ3n) is 4.95. The van der Waals surface area contributed by atoms with Crippen LogP contribution < -0.4 is 4.74 Å². The highest BCUT2D eigenvalue weighted by Crippen LogP contribution is 2.35. The lowest BCUT2D eigenvalue weighted by Crippen LogP contribution is -2.27. The minimum atomic E-state index is -0.291. The fourth-order valence-corrected chi connectivity index (χ4v) is 5.11. The van der Waals surface area contributed by atoms with Gasteiger partial charge >= 0.3 is 0 Å². The summed E-state index contributed by atoms with van der Waals surface area (Å²) in [5.74, 6) is 0.339. The lowest BCUT2D eigenvalue weighted by Gasteiger charge is -2.12. The van der Waals surface area contributed by atoms with Crippen LogP contribution in [-0.2, 0) is 17.9 Å². The van der Waals surface area contributed by atoms with Crippen LogP contribution in [-0.4, -0.2) is 16.0 Å². The maximum absolute atomic E-state index is 12.8. The molecule has 0 aliphatic carbocycles. The largest absolute Gasteiger partial charge is 0.488 e. The van der Waals surface area contributed by atoms with E-state index in [0.717, 1.165) is 38.5 Å². The molecule has 4 nitrogen and oxygen atoms in total. The zero-order valence-corrected chi connectivity index (χ0v) is 21.4. The Hall–Kier alpha value is -2.25. The number of aryl methyl sites for hydroxylation is 1. The van der Waals surface area contributed by atoms with Crippen molar-refractivity contribution < 1.29 is 14.3 Å². The number of nitrogens with zero attached hydrogens (tertiary/aromatic N) is 1.